The molecule has 9 heteroatoms. The number of H-pyrrole nitrogens is 1. The minimum Gasteiger partial charge on any atom is -0.355 e. The minimum absolute atomic E-state index is 0.0717. The third-order valence-electron chi connectivity index (χ3n) is 7.69. The van der Waals surface area contributed by atoms with Crippen molar-refractivity contribution in [1.29, 1.82) is 0 Å². The van der Waals surface area contributed by atoms with Crippen LogP contribution >= 0.6 is 0 Å². The summed E-state index contributed by atoms with van der Waals surface area (Å²) >= 11 is 0. The third-order valence-corrected chi connectivity index (χ3v) is 7.69. The molecule has 1 spiro atoms. The van der Waals surface area contributed by atoms with Crippen molar-refractivity contribution < 1.29 is 14.0 Å². The Bertz CT molecular complexity index is 1100. The van der Waals surface area contributed by atoms with Gasteiger partial charge in [0, 0.05) is 45.3 Å². The van der Waals surface area contributed by atoms with Gasteiger partial charge in [-0.3, -0.25) is 19.1 Å². The molecule has 32 heavy (non-hydrogen) atoms. The van der Waals surface area contributed by atoms with Crippen molar-refractivity contribution in [3.63, 3.8) is 0 Å². The number of hydrogen-bond donors (Lipinski definition) is 2. The number of aromatic amines is 1. The molecule has 5 rings (SSSR count). The topological polar surface area (TPSA) is 90.4 Å². The number of aromatic nitrogens is 2. The number of likely N-dealkylation sites (tertiary alicyclic amines) is 2. The summed E-state index contributed by atoms with van der Waals surface area (Å²) in [4.78, 5) is 44.1. The third kappa shape index (κ3) is 3.83. The van der Waals surface area contributed by atoms with Gasteiger partial charge in [0.05, 0.1) is 23.1 Å². The maximum atomic E-state index is 14.5. The highest BCUT2D eigenvalue weighted by molar-refractivity contribution is 5.97. The molecule has 3 heterocycles. The number of benzene rings is 1. The van der Waals surface area contributed by atoms with Crippen LogP contribution in [-0.4, -0.2) is 70.9 Å². The largest absolute Gasteiger partial charge is 0.355 e. The summed E-state index contributed by atoms with van der Waals surface area (Å²) in [6.07, 6.45) is 6.36. The fraction of sp³-hybridized carbons (Fsp3) is 0.609. The fourth-order valence-electron chi connectivity index (χ4n) is 5.35. The quantitative estimate of drug-likeness (QED) is 0.755. The van der Waals surface area contributed by atoms with Crippen LogP contribution < -0.4 is 11.0 Å². The maximum Gasteiger partial charge on any atom is 0.326 e. The Morgan fingerprint density at radius 2 is 1.81 bits per heavy atom. The number of rotatable bonds is 4. The summed E-state index contributed by atoms with van der Waals surface area (Å²) in [6, 6.07) is 2.58. The van der Waals surface area contributed by atoms with Crippen LogP contribution in [0.25, 0.3) is 11.0 Å². The molecule has 2 amide bonds. The second kappa shape index (κ2) is 8.03. The smallest absolute Gasteiger partial charge is 0.326 e. The highest BCUT2D eigenvalue weighted by atomic mass is 19.1. The van der Waals surface area contributed by atoms with E-state index in [1.54, 1.807) is 4.57 Å². The number of fused-ring (bicyclic) bond motifs is 1. The zero-order valence-corrected chi connectivity index (χ0v) is 18.5. The van der Waals surface area contributed by atoms with Crippen LogP contribution in [0, 0.1) is 11.2 Å². The molecule has 172 valence electrons. The molecule has 0 atom stereocenters. The molecule has 3 fully saturated rings. The van der Waals surface area contributed by atoms with Crippen molar-refractivity contribution in [2.75, 3.05) is 39.8 Å². The van der Waals surface area contributed by atoms with Crippen molar-refractivity contribution in [2.24, 2.45) is 5.41 Å². The van der Waals surface area contributed by atoms with Crippen LogP contribution in [0.15, 0.2) is 16.9 Å². The van der Waals surface area contributed by atoms with E-state index < -0.39 is 11.7 Å². The van der Waals surface area contributed by atoms with E-state index in [0.29, 0.717) is 48.9 Å². The molecule has 2 aliphatic heterocycles. The number of imidazole rings is 1. The van der Waals surface area contributed by atoms with E-state index in [9.17, 15) is 18.8 Å². The van der Waals surface area contributed by atoms with Gasteiger partial charge in [-0.05, 0) is 50.0 Å². The number of nitrogens with zero attached hydrogens (tertiary/aromatic N) is 3. The van der Waals surface area contributed by atoms with Crippen LogP contribution in [0.5, 0.6) is 0 Å². The summed E-state index contributed by atoms with van der Waals surface area (Å²) in [7, 11) is 1.44. The lowest BCUT2D eigenvalue weighted by molar-refractivity contribution is -0.134. The first-order valence-electron chi connectivity index (χ1n) is 11.6. The van der Waals surface area contributed by atoms with Crippen LogP contribution in [0.1, 0.15) is 54.9 Å². The standard InChI is InChI=1S/C23H30FN5O3/c1-25-21(31)16-12-18-19(13-17(16)24)29(22(32)26-18)15-2-8-27(9-3-15)14-20(30)28-10-6-23(4-5-23)7-11-28/h12-13,15H,2-11,14H2,1H3,(H,25,31)(H,26,32). The molecule has 2 saturated heterocycles. The number of piperidine rings is 2. The number of halogens is 1. The lowest BCUT2D eigenvalue weighted by Crippen LogP contribution is -2.46. The molecule has 1 aromatic carbocycles. The van der Waals surface area contributed by atoms with E-state index in [4.69, 9.17) is 0 Å². The lowest BCUT2D eigenvalue weighted by atomic mass is 9.93. The van der Waals surface area contributed by atoms with E-state index in [-0.39, 0.29) is 23.2 Å². The summed E-state index contributed by atoms with van der Waals surface area (Å²) in [5.74, 6) is -0.980. The number of hydrogen-bond acceptors (Lipinski definition) is 4. The summed E-state index contributed by atoms with van der Waals surface area (Å²) in [6.45, 7) is 3.61. The first-order chi connectivity index (χ1) is 15.4. The average molecular weight is 444 g/mol. The molecule has 3 aliphatic rings. The molecule has 0 unspecified atom stereocenters. The Kier molecular flexibility index (Phi) is 5.31. The zero-order valence-electron chi connectivity index (χ0n) is 18.5. The Balaban J connectivity index is 1.23. The highest BCUT2D eigenvalue weighted by Crippen LogP contribution is 2.53. The molecule has 2 aromatic rings. The van der Waals surface area contributed by atoms with Gasteiger partial charge in [0.2, 0.25) is 5.91 Å². The lowest BCUT2D eigenvalue weighted by Gasteiger charge is -2.36. The van der Waals surface area contributed by atoms with Crippen molar-refractivity contribution in [1.82, 2.24) is 24.7 Å². The predicted octanol–water partition coefficient (Wildman–Crippen LogP) is 1.87. The summed E-state index contributed by atoms with van der Waals surface area (Å²) < 4.78 is 16.1. The summed E-state index contributed by atoms with van der Waals surface area (Å²) in [5.41, 5.74) is 1.09. The van der Waals surface area contributed by atoms with Gasteiger partial charge in [0.25, 0.3) is 5.91 Å². The number of carbonyl (C=O) groups is 2. The van der Waals surface area contributed by atoms with E-state index in [0.717, 1.165) is 25.9 Å². The second-order valence-electron chi connectivity index (χ2n) is 9.62. The monoisotopic (exact) mass is 443 g/mol. The Morgan fingerprint density at radius 3 is 2.44 bits per heavy atom. The van der Waals surface area contributed by atoms with Gasteiger partial charge in [-0.1, -0.05) is 0 Å². The molecule has 2 N–H and O–H groups in total. The van der Waals surface area contributed by atoms with Gasteiger partial charge in [-0.25, -0.2) is 9.18 Å². The normalized spacial score (nSPS) is 21.2. The predicted molar refractivity (Wildman–Crippen MR) is 118 cm³/mol. The van der Waals surface area contributed by atoms with Crippen LogP contribution in [0.3, 0.4) is 0 Å². The van der Waals surface area contributed by atoms with Gasteiger partial charge >= 0.3 is 5.69 Å². The zero-order chi connectivity index (χ0) is 22.5. The molecule has 1 aliphatic carbocycles. The maximum absolute atomic E-state index is 14.5. The van der Waals surface area contributed by atoms with Gasteiger partial charge in [0.1, 0.15) is 5.82 Å². The van der Waals surface area contributed by atoms with E-state index in [2.05, 4.69) is 15.2 Å². The molecule has 8 nitrogen and oxygen atoms in total. The Hall–Kier alpha value is -2.68. The highest BCUT2D eigenvalue weighted by Gasteiger charge is 2.45. The number of carbonyl (C=O) groups excluding carboxylic acids is 2. The van der Waals surface area contributed by atoms with Gasteiger partial charge in [0.15, 0.2) is 0 Å². The van der Waals surface area contributed by atoms with E-state index in [1.807, 2.05) is 4.90 Å². The Morgan fingerprint density at radius 1 is 1.12 bits per heavy atom. The summed E-state index contributed by atoms with van der Waals surface area (Å²) in [5, 5.41) is 2.41. The minimum atomic E-state index is -0.651. The first-order valence-corrected chi connectivity index (χ1v) is 11.6. The van der Waals surface area contributed by atoms with Crippen molar-refractivity contribution in [3.05, 3.63) is 34.0 Å². The molecular weight excluding hydrogens is 413 g/mol. The van der Waals surface area contributed by atoms with Crippen molar-refractivity contribution in [3.8, 4) is 0 Å². The molecule has 0 radical (unpaired) electrons. The van der Waals surface area contributed by atoms with Gasteiger partial charge in [-0.15, -0.1) is 0 Å². The van der Waals surface area contributed by atoms with E-state index >= 15 is 0 Å². The van der Waals surface area contributed by atoms with Crippen LogP contribution in [0.2, 0.25) is 0 Å². The van der Waals surface area contributed by atoms with E-state index in [1.165, 1.54) is 32.0 Å². The number of nitrogens with one attached hydrogen (secondary N) is 2. The van der Waals surface area contributed by atoms with Crippen molar-refractivity contribution in [2.45, 2.75) is 44.6 Å². The molecule has 1 aromatic heterocycles. The first kappa shape index (κ1) is 21.2. The van der Waals surface area contributed by atoms with Crippen LogP contribution in [-0.2, 0) is 4.79 Å². The van der Waals surface area contributed by atoms with Gasteiger partial charge in [-0.2, -0.15) is 0 Å². The SMILES string of the molecule is CNC(=O)c1cc2[nH]c(=O)n(C3CCN(CC(=O)N4CCC5(CC4)CC5)CC3)c2cc1F. The number of amides is 2. The second-order valence-corrected chi connectivity index (χ2v) is 9.62. The van der Waals surface area contributed by atoms with Crippen molar-refractivity contribution >= 4 is 22.8 Å². The van der Waals surface area contributed by atoms with Crippen LogP contribution in [0.4, 0.5) is 4.39 Å². The average Bonchev–Trinajstić information content (AvgIpc) is 3.46. The molecular formula is C23H30FN5O3. The molecule has 1 saturated carbocycles. The molecule has 0 bridgehead atoms. The Labute approximate surface area is 185 Å². The fourth-order valence-corrected chi connectivity index (χ4v) is 5.35. The van der Waals surface area contributed by atoms with Gasteiger partial charge < -0.3 is 15.2 Å².